The van der Waals surface area contributed by atoms with Gasteiger partial charge in [-0.1, -0.05) is 13.8 Å². The number of hydrogen-bond donors (Lipinski definition) is 1. The number of hydrogen-bond acceptors (Lipinski definition) is 2. The van der Waals surface area contributed by atoms with Gasteiger partial charge in [-0.2, -0.15) is 0 Å². The lowest BCUT2D eigenvalue weighted by Crippen LogP contribution is -2.31. The van der Waals surface area contributed by atoms with Gasteiger partial charge in [-0.3, -0.25) is 4.79 Å². The van der Waals surface area contributed by atoms with Crippen molar-refractivity contribution in [3.8, 4) is 0 Å². The van der Waals surface area contributed by atoms with Crippen LogP contribution in [0.15, 0.2) is 0 Å². The zero-order valence-electron chi connectivity index (χ0n) is 6.98. The molecule has 0 atom stereocenters. The van der Waals surface area contributed by atoms with Gasteiger partial charge in [0, 0.05) is 0 Å². The first kappa shape index (κ1) is 9.63. The second kappa shape index (κ2) is 3.71. The van der Waals surface area contributed by atoms with Crippen molar-refractivity contribution in [3.05, 3.63) is 0 Å². The quantitative estimate of drug-likeness (QED) is 0.647. The first-order valence-electron chi connectivity index (χ1n) is 3.75. The molecule has 0 aromatic rings. The summed E-state index contributed by atoms with van der Waals surface area (Å²) < 4.78 is 0. The highest BCUT2D eigenvalue weighted by Crippen LogP contribution is 2.26. The molecule has 0 rings (SSSR count). The van der Waals surface area contributed by atoms with Gasteiger partial charge < -0.3 is 5.11 Å². The van der Waals surface area contributed by atoms with E-state index in [2.05, 4.69) is 0 Å². The Morgan fingerprint density at radius 3 is 1.80 bits per heavy atom. The SMILES string of the molecule is CCC(CC)(CO)C(C)=O. The van der Waals surface area contributed by atoms with E-state index in [0.29, 0.717) is 0 Å². The van der Waals surface area contributed by atoms with E-state index in [1.807, 2.05) is 13.8 Å². The summed E-state index contributed by atoms with van der Waals surface area (Å²) in [5.41, 5.74) is -0.458. The zero-order valence-corrected chi connectivity index (χ0v) is 6.98. The molecular weight excluding hydrogens is 128 g/mol. The van der Waals surface area contributed by atoms with Crippen molar-refractivity contribution in [2.45, 2.75) is 33.6 Å². The van der Waals surface area contributed by atoms with Gasteiger partial charge in [0.2, 0.25) is 0 Å². The Kier molecular flexibility index (Phi) is 3.58. The molecule has 0 heterocycles. The van der Waals surface area contributed by atoms with Crippen molar-refractivity contribution >= 4 is 5.78 Å². The minimum atomic E-state index is -0.458. The van der Waals surface area contributed by atoms with Crippen LogP contribution < -0.4 is 0 Å². The van der Waals surface area contributed by atoms with Crippen LogP contribution in [0, 0.1) is 5.41 Å². The average molecular weight is 144 g/mol. The van der Waals surface area contributed by atoms with Gasteiger partial charge in [-0.15, -0.1) is 0 Å². The van der Waals surface area contributed by atoms with Gasteiger partial charge in [-0.05, 0) is 19.8 Å². The molecule has 0 fully saturated rings. The number of Topliss-reactive ketones (excluding diaryl/α,β-unsaturated/α-hetero) is 1. The number of carbonyl (C=O) groups excluding carboxylic acids is 1. The van der Waals surface area contributed by atoms with Crippen LogP contribution in [-0.4, -0.2) is 17.5 Å². The molecule has 60 valence electrons. The fraction of sp³-hybridized carbons (Fsp3) is 0.875. The van der Waals surface area contributed by atoms with E-state index < -0.39 is 5.41 Å². The topological polar surface area (TPSA) is 37.3 Å². The number of rotatable bonds is 4. The molecule has 0 aliphatic carbocycles. The van der Waals surface area contributed by atoms with Gasteiger partial charge in [0.25, 0.3) is 0 Å². The summed E-state index contributed by atoms with van der Waals surface area (Å²) in [6.07, 6.45) is 1.46. The summed E-state index contributed by atoms with van der Waals surface area (Å²) in [7, 11) is 0. The first-order valence-corrected chi connectivity index (χ1v) is 3.75. The fourth-order valence-corrected chi connectivity index (χ4v) is 1.08. The Hall–Kier alpha value is -0.370. The summed E-state index contributed by atoms with van der Waals surface area (Å²) in [5.74, 6) is 0.0972. The third kappa shape index (κ3) is 1.57. The molecule has 0 spiro atoms. The van der Waals surface area contributed by atoms with Crippen molar-refractivity contribution in [2.24, 2.45) is 5.41 Å². The Morgan fingerprint density at radius 1 is 1.40 bits per heavy atom. The van der Waals surface area contributed by atoms with Crippen molar-refractivity contribution in [1.82, 2.24) is 0 Å². The van der Waals surface area contributed by atoms with Crippen LogP contribution in [0.25, 0.3) is 0 Å². The maximum Gasteiger partial charge on any atom is 0.138 e. The standard InChI is InChI=1S/C8H16O2/c1-4-8(5-2,6-9)7(3)10/h9H,4-6H2,1-3H3. The Labute approximate surface area is 62.2 Å². The maximum absolute atomic E-state index is 11.0. The maximum atomic E-state index is 11.0. The molecular formula is C8H16O2. The zero-order chi connectivity index (χ0) is 8.20. The Balaban J connectivity index is 4.31. The smallest absolute Gasteiger partial charge is 0.138 e. The van der Waals surface area contributed by atoms with Crippen molar-refractivity contribution < 1.29 is 9.90 Å². The van der Waals surface area contributed by atoms with Gasteiger partial charge in [-0.25, -0.2) is 0 Å². The molecule has 0 aliphatic rings. The molecule has 0 saturated heterocycles. The highest BCUT2D eigenvalue weighted by Gasteiger charge is 2.30. The van der Waals surface area contributed by atoms with Crippen LogP contribution in [0.1, 0.15) is 33.6 Å². The molecule has 10 heavy (non-hydrogen) atoms. The highest BCUT2D eigenvalue weighted by molar-refractivity contribution is 5.82. The van der Waals surface area contributed by atoms with E-state index >= 15 is 0 Å². The summed E-state index contributed by atoms with van der Waals surface area (Å²) in [6, 6.07) is 0. The minimum Gasteiger partial charge on any atom is -0.395 e. The third-order valence-electron chi connectivity index (χ3n) is 2.40. The minimum absolute atomic E-state index is 0.0185. The predicted octanol–water partition coefficient (Wildman–Crippen LogP) is 1.37. The monoisotopic (exact) mass is 144 g/mol. The number of carbonyl (C=O) groups is 1. The van der Waals surface area contributed by atoms with E-state index in [1.165, 1.54) is 0 Å². The molecule has 0 radical (unpaired) electrons. The van der Waals surface area contributed by atoms with Crippen molar-refractivity contribution in [1.29, 1.82) is 0 Å². The van der Waals surface area contributed by atoms with E-state index in [-0.39, 0.29) is 12.4 Å². The largest absolute Gasteiger partial charge is 0.395 e. The second-order valence-corrected chi connectivity index (χ2v) is 2.70. The number of ketones is 1. The molecule has 2 nitrogen and oxygen atoms in total. The van der Waals surface area contributed by atoms with E-state index in [4.69, 9.17) is 5.11 Å². The number of aliphatic hydroxyl groups excluding tert-OH is 1. The Morgan fingerprint density at radius 2 is 1.80 bits per heavy atom. The lowest BCUT2D eigenvalue weighted by Gasteiger charge is -2.25. The summed E-state index contributed by atoms with van der Waals surface area (Å²) >= 11 is 0. The summed E-state index contributed by atoms with van der Waals surface area (Å²) in [6.45, 7) is 5.39. The molecule has 0 saturated carbocycles. The molecule has 0 aromatic carbocycles. The highest BCUT2D eigenvalue weighted by atomic mass is 16.3. The molecule has 1 N–H and O–H groups in total. The van der Waals surface area contributed by atoms with Crippen LogP contribution in [0.2, 0.25) is 0 Å². The molecule has 2 heteroatoms. The molecule has 0 amide bonds. The van der Waals surface area contributed by atoms with E-state index in [9.17, 15) is 4.79 Å². The van der Waals surface area contributed by atoms with Crippen molar-refractivity contribution in [2.75, 3.05) is 6.61 Å². The second-order valence-electron chi connectivity index (χ2n) is 2.70. The van der Waals surface area contributed by atoms with Crippen LogP contribution in [0.4, 0.5) is 0 Å². The van der Waals surface area contributed by atoms with E-state index in [1.54, 1.807) is 6.92 Å². The van der Waals surface area contributed by atoms with E-state index in [0.717, 1.165) is 12.8 Å². The summed E-state index contributed by atoms with van der Waals surface area (Å²) in [4.78, 5) is 11.0. The normalized spacial score (nSPS) is 11.6. The van der Waals surface area contributed by atoms with Gasteiger partial charge in [0.1, 0.15) is 5.78 Å². The molecule has 0 bridgehead atoms. The number of aliphatic hydroxyl groups is 1. The van der Waals surface area contributed by atoms with Crippen LogP contribution >= 0.6 is 0 Å². The molecule has 0 aromatic heterocycles. The molecule has 0 aliphatic heterocycles. The van der Waals surface area contributed by atoms with Gasteiger partial charge >= 0.3 is 0 Å². The summed E-state index contributed by atoms with van der Waals surface area (Å²) in [5, 5.41) is 8.93. The average Bonchev–Trinajstić information content (AvgIpc) is 1.92. The van der Waals surface area contributed by atoms with Gasteiger partial charge in [0.05, 0.1) is 12.0 Å². The van der Waals surface area contributed by atoms with Gasteiger partial charge in [0.15, 0.2) is 0 Å². The lowest BCUT2D eigenvalue weighted by molar-refractivity contribution is -0.129. The van der Waals surface area contributed by atoms with Crippen molar-refractivity contribution in [3.63, 3.8) is 0 Å². The first-order chi connectivity index (χ1) is 4.63. The van der Waals surface area contributed by atoms with Crippen LogP contribution in [-0.2, 0) is 4.79 Å². The third-order valence-corrected chi connectivity index (χ3v) is 2.40. The van der Waals surface area contributed by atoms with Crippen LogP contribution in [0.3, 0.4) is 0 Å². The predicted molar refractivity (Wildman–Crippen MR) is 40.8 cm³/mol. The Bertz CT molecular complexity index is 106. The fourth-order valence-electron chi connectivity index (χ4n) is 1.08. The lowest BCUT2D eigenvalue weighted by atomic mass is 9.80. The van der Waals surface area contributed by atoms with Crippen LogP contribution in [0.5, 0.6) is 0 Å². The molecule has 0 unspecified atom stereocenters.